The zero-order chi connectivity index (χ0) is 20.1. The molecule has 0 N–H and O–H groups in total. The molecule has 1 fully saturated rings. The summed E-state index contributed by atoms with van der Waals surface area (Å²) in [4.78, 5) is 31.6. The molecule has 6 heteroatoms. The highest BCUT2D eigenvalue weighted by Gasteiger charge is 2.48. The van der Waals surface area contributed by atoms with E-state index in [0.717, 1.165) is 17.3 Å². The molecule has 0 radical (unpaired) electrons. The van der Waals surface area contributed by atoms with Crippen molar-refractivity contribution in [3.63, 3.8) is 0 Å². The number of hydrogen-bond acceptors (Lipinski definition) is 4. The Morgan fingerprint density at radius 3 is 2.86 bits per heavy atom. The second-order valence-corrected chi connectivity index (χ2v) is 8.90. The average molecular weight is 394 g/mol. The predicted octanol–water partition coefficient (Wildman–Crippen LogP) is 4.17. The van der Waals surface area contributed by atoms with Gasteiger partial charge in [0.05, 0.1) is 16.7 Å². The molecule has 0 bridgehead atoms. The first-order chi connectivity index (χ1) is 13.2. The van der Waals surface area contributed by atoms with E-state index in [1.165, 1.54) is 0 Å². The maximum Gasteiger partial charge on any atom is 0.255 e. The van der Waals surface area contributed by atoms with E-state index < -0.39 is 5.41 Å². The van der Waals surface area contributed by atoms with Crippen LogP contribution in [0.3, 0.4) is 0 Å². The quantitative estimate of drug-likeness (QED) is 0.728. The number of likely N-dealkylation sites (tertiary alicyclic amines) is 1. The molecule has 142 valence electrons. The van der Waals surface area contributed by atoms with E-state index in [0.29, 0.717) is 30.1 Å². The van der Waals surface area contributed by atoms with Gasteiger partial charge >= 0.3 is 0 Å². The van der Waals surface area contributed by atoms with Gasteiger partial charge in [0.25, 0.3) is 5.91 Å². The second-order valence-electron chi connectivity index (χ2n) is 8.46. The van der Waals surface area contributed by atoms with E-state index in [-0.39, 0.29) is 22.7 Å². The number of halogens is 1. The third-order valence-corrected chi connectivity index (χ3v) is 6.03. The van der Waals surface area contributed by atoms with Crippen LogP contribution in [-0.4, -0.2) is 34.7 Å². The van der Waals surface area contributed by atoms with E-state index >= 15 is 0 Å². The SMILES string of the molecule is CC1(C)C[C@]2(C=C(C#N)C1=O)CCN(C(=O)c1cnc3cc(Cl)ccc3c1)C2. The van der Waals surface area contributed by atoms with Crippen LogP contribution in [0.5, 0.6) is 0 Å². The van der Waals surface area contributed by atoms with Gasteiger partial charge in [0.1, 0.15) is 6.07 Å². The van der Waals surface area contributed by atoms with E-state index in [1.54, 1.807) is 29.3 Å². The topological polar surface area (TPSA) is 74.1 Å². The van der Waals surface area contributed by atoms with Crippen molar-refractivity contribution in [2.24, 2.45) is 10.8 Å². The number of nitriles is 1. The largest absolute Gasteiger partial charge is 0.338 e. The van der Waals surface area contributed by atoms with Crippen molar-refractivity contribution in [1.29, 1.82) is 5.26 Å². The van der Waals surface area contributed by atoms with Crippen molar-refractivity contribution in [3.8, 4) is 6.07 Å². The standard InChI is InChI=1S/C22H20ClN3O2/c1-21(2)12-22(9-16(10-24)19(21)27)5-6-26(13-22)20(28)15-7-14-3-4-17(23)8-18(14)25-11-15/h3-4,7-9,11H,5-6,12-13H2,1-2H3/t22-/m1/s1. The number of hydrogen-bond donors (Lipinski definition) is 0. The van der Waals surface area contributed by atoms with Crippen LogP contribution in [0.1, 0.15) is 37.0 Å². The number of ketones is 1. The van der Waals surface area contributed by atoms with Crippen LogP contribution in [0, 0.1) is 22.2 Å². The lowest BCUT2D eigenvalue weighted by molar-refractivity contribution is -0.125. The molecule has 1 aromatic heterocycles. The lowest BCUT2D eigenvalue weighted by atomic mass is 9.64. The maximum absolute atomic E-state index is 13.1. The van der Waals surface area contributed by atoms with Gasteiger partial charge in [-0.1, -0.05) is 37.6 Å². The molecule has 1 spiro atoms. The van der Waals surface area contributed by atoms with Crippen LogP contribution in [0.4, 0.5) is 0 Å². The normalized spacial score (nSPS) is 23.7. The van der Waals surface area contributed by atoms with Crippen molar-refractivity contribution in [1.82, 2.24) is 9.88 Å². The molecule has 1 aliphatic heterocycles. The van der Waals surface area contributed by atoms with E-state index in [4.69, 9.17) is 11.6 Å². The summed E-state index contributed by atoms with van der Waals surface area (Å²) in [6.45, 7) is 4.86. The minimum atomic E-state index is -0.595. The minimum Gasteiger partial charge on any atom is -0.338 e. The highest BCUT2D eigenvalue weighted by Crippen LogP contribution is 2.48. The van der Waals surface area contributed by atoms with Gasteiger partial charge in [-0.15, -0.1) is 0 Å². The zero-order valence-electron chi connectivity index (χ0n) is 15.8. The molecule has 28 heavy (non-hydrogen) atoms. The molecule has 0 saturated carbocycles. The van der Waals surface area contributed by atoms with Crippen molar-refractivity contribution in [2.45, 2.75) is 26.7 Å². The summed E-state index contributed by atoms with van der Waals surface area (Å²) in [6.07, 6.45) is 4.77. The van der Waals surface area contributed by atoms with Crippen LogP contribution in [0.15, 0.2) is 42.1 Å². The number of rotatable bonds is 1. The predicted molar refractivity (Wildman–Crippen MR) is 107 cm³/mol. The second kappa shape index (κ2) is 6.42. The fraction of sp³-hybridized carbons (Fsp3) is 0.364. The van der Waals surface area contributed by atoms with E-state index in [2.05, 4.69) is 4.98 Å². The Morgan fingerprint density at radius 2 is 2.11 bits per heavy atom. The highest BCUT2D eigenvalue weighted by atomic mass is 35.5. The zero-order valence-corrected chi connectivity index (χ0v) is 16.6. The molecule has 1 atom stereocenters. The third kappa shape index (κ3) is 3.08. The van der Waals surface area contributed by atoms with E-state index in [1.807, 2.05) is 32.0 Å². The minimum absolute atomic E-state index is 0.0807. The summed E-state index contributed by atoms with van der Waals surface area (Å²) in [7, 11) is 0. The number of benzene rings is 1. The van der Waals surface area contributed by atoms with Gasteiger partial charge in [-0.2, -0.15) is 5.26 Å². The number of carbonyl (C=O) groups excluding carboxylic acids is 2. The molecule has 2 aromatic rings. The van der Waals surface area contributed by atoms with Crippen molar-refractivity contribution in [3.05, 3.63) is 52.7 Å². The van der Waals surface area contributed by atoms with Crippen LogP contribution < -0.4 is 0 Å². The van der Waals surface area contributed by atoms with Crippen LogP contribution >= 0.6 is 11.6 Å². The Balaban J connectivity index is 1.61. The van der Waals surface area contributed by atoms with Gasteiger partial charge in [0.2, 0.25) is 0 Å². The van der Waals surface area contributed by atoms with Crippen molar-refractivity contribution in [2.75, 3.05) is 13.1 Å². The number of fused-ring (bicyclic) bond motifs is 1. The van der Waals surface area contributed by atoms with Gasteiger partial charge in [-0.25, -0.2) is 0 Å². The molecule has 0 unspecified atom stereocenters. The van der Waals surface area contributed by atoms with Crippen LogP contribution in [0.25, 0.3) is 10.9 Å². The van der Waals surface area contributed by atoms with Gasteiger partial charge < -0.3 is 4.90 Å². The van der Waals surface area contributed by atoms with Crippen LogP contribution in [0.2, 0.25) is 5.02 Å². The number of carbonyl (C=O) groups is 2. The van der Waals surface area contributed by atoms with Gasteiger partial charge in [-0.05, 0) is 31.0 Å². The van der Waals surface area contributed by atoms with E-state index in [9.17, 15) is 14.9 Å². The number of amides is 1. The van der Waals surface area contributed by atoms with Gasteiger partial charge in [0, 0.05) is 40.5 Å². The smallest absolute Gasteiger partial charge is 0.255 e. The highest BCUT2D eigenvalue weighted by molar-refractivity contribution is 6.31. The Morgan fingerprint density at radius 1 is 1.32 bits per heavy atom. The summed E-state index contributed by atoms with van der Waals surface area (Å²) < 4.78 is 0. The number of pyridine rings is 1. The monoisotopic (exact) mass is 393 g/mol. The van der Waals surface area contributed by atoms with Gasteiger partial charge in [-0.3, -0.25) is 14.6 Å². The maximum atomic E-state index is 13.1. The number of allylic oxidation sites excluding steroid dienone is 1. The fourth-order valence-corrected chi connectivity index (χ4v) is 4.72. The first-order valence-corrected chi connectivity index (χ1v) is 9.63. The number of aromatic nitrogens is 1. The summed E-state index contributed by atoms with van der Waals surface area (Å²) in [6, 6.07) is 9.28. The fourth-order valence-electron chi connectivity index (χ4n) is 4.56. The third-order valence-electron chi connectivity index (χ3n) is 5.79. The Hall–Kier alpha value is -2.71. The lowest BCUT2D eigenvalue weighted by Gasteiger charge is -2.38. The molecule has 1 aromatic carbocycles. The molecular weight excluding hydrogens is 374 g/mol. The molecular formula is C22H20ClN3O2. The first kappa shape index (κ1) is 18.6. The Labute approximate surface area is 168 Å². The molecule has 5 nitrogen and oxygen atoms in total. The summed E-state index contributed by atoms with van der Waals surface area (Å²) in [5.74, 6) is -0.189. The first-order valence-electron chi connectivity index (χ1n) is 9.25. The Bertz CT molecular complexity index is 1080. The van der Waals surface area contributed by atoms with Crippen molar-refractivity contribution >= 4 is 34.2 Å². The summed E-state index contributed by atoms with van der Waals surface area (Å²) >= 11 is 6.00. The lowest BCUT2D eigenvalue weighted by Crippen LogP contribution is -2.40. The number of nitrogens with zero attached hydrogens (tertiary/aromatic N) is 3. The number of Topliss-reactive ketones (excluding diaryl/α,β-unsaturated/α-hetero) is 1. The van der Waals surface area contributed by atoms with Crippen molar-refractivity contribution < 1.29 is 9.59 Å². The summed E-state index contributed by atoms with van der Waals surface area (Å²) in [5, 5.41) is 10.8. The molecule has 1 amide bonds. The molecule has 2 aliphatic rings. The Kier molecular flexibility index (Phi) is 4.28. The van der Waals surface area contributed by atoms with Crippen LogP contribution in [-0.2, 0) is 4.79 Å². The molecule has 2 heterocycles. The summed E-state index contributed by atoms with van der Waals surface area (Å²) in [5.41, 5.74) is 0.576. The molecule has 4 rings (SSSR count). The van der Waals surface area contributed by atoms with Gasteiger partial charge in [0.15, 0.2) is 5.78 Å². The average Bonchev–Trinajstić information content (AvgIpc) is 3.06. The molecule has 1 aliphatic carbocycles. The molecule has 1 saturated heterocycles.